The first-order chi connectivity index (χ1) is 16.7. The van der Waals surface area contributed by atoms with Gasteiger partial charge in [-0.15, -0.1) is 0 Å². The van der Waals surface area contributed by atoms with Gasteiger partial charge in [0.1, 0.15) is 23.2 Å². The van der Waals surface area contributed by atoms with Crippen molar-refractivity contribution in [2.45, 2.75) is 58.6 Å². The normalized spacial score (nSPS) is 14.5. The minimum Gasteiger partial charge on any atom is -0.460 e. The summed E-state index contributed by atoms with van der Waals surface area (Å²) in [7, 11) is 1.94. The van der Waals surface area contributed by atoms with E-state index in [0.29, 0.717) is 6.42 Å². The molecule has 1 aromatic carbocycles. The molecule has 4 nitrogen and oxygen atoms in total. The van der Waals surface area contributed by atoms with Gasteiger partial charge in [-0.05, 0) is 51.0 Å². The average Bonchev–Trinajstić information content (AvgIpc) is 3.09. The zero-order valence-corrected chi connectivity index (χ0v) is 21.6. The fraction of sp³-hybridized carbons (Fsp3) is 0.323. The van der Waals surface area contributed by atoms with E-state index in [1.165, 1.54) is 0 Å². The number of rotatable bonds is 9. The number of carbonyl (C=O) groups is 1. The average molecular weight is 472 g/mol. The second kappa shape index (κ2) is 11.7. The second-order valence-corrected chi connectivity index (χ2v) is 9.73. The van der Waals surface area contributed by atoms with Crippen molar-refractivity contribution in [3.63, 3.8) is 0 Å². The van der Waals surface area contributed by atoms with Gasteiger partial charge in [0.2, 0.25) is 0 Å². The van der Waals surface area contributed by atoms with E-state index in [4.69, 9.17) is 9.15 Å². The molecule has 0 fully saturated rings. The van der Waals surface area contributed by atoms with E-state index in [2.05, 4.69) is 25.7 Å². The lowest BCUT2D eigenvalue weighted by atomic mass is 10.0. The molecule has 0 bridgehead atoms. The van der Waals surface area contributed by atoms with Gasteiger partial charge in [-0.25, -0.2) is 4.79 Å². The Hall–Kier alpha value is -3.53. The number of furan rings is 1. The Morgan fingerprint density at radius 3 is 2.63 bits per heavy atom. The number of likely N-dealkylation sites (N-methyl/N-ethyl adjacent to an activating group) is 1. The molecule has 0 spiro atoms. The Morgan fingerprint density at radius 1 is 1.20 bits per heavy atom. The van der Waals surface area contributed by atoms with Crippen molar-refractivity contribution < 1.29 is 13.9 Å². The third-order valence-electron chi connectivity index (χ3n) is 5.68. The Kier molecular flexibility index (Phi) is 8.75. The van der Waals surface area contributed by atoms with E-state index in [0.717, 1.165) is 46.8 Å². The van der Waals surface area contributed by atoms with E-state index in [-0.39, 0.29) is 5.97 Å². The Labute approximate surface area is 210 Å². The zero-order chi connectivity index (χ0) is 25.4. The van der Waals surface area contributed by atoms with Crippen LogP contribution in [0.4, 0.5) is 0 Å². The molecule has 4 heteroatoms. The monoisotopic (exact) mass is 471 g/mol. The molecule has 1 heterocycles. The molecular weight excluding hydrogens is 434 g/mol. The minimum atomic E-state index is -0.563. The lowest BCUT2D eigenvalue weighted by molar-refractivity contribution is -0.160. The third-order valence-corrected chi connectivity index (χ3v) is 5.68. The number of benzene rings is 1. The highest BCUT2D eigenvalue weighted by Crippen LogP contribution is 2.26. The molecule has 3 rings (SSSR count). The highest BCUT2D eigenvalue weighted by Gasteiger charge is 2.29. The number of ether oxygens (including phenoxy) is 1. The van der Waals surface area contributed by atoms with Crippen molar-refractivity contribution in [2.24, 2.45) is 0 Å². The lowest BCUT2D eigenvalue weighted by Gasteiger charge is -2.32. The topological polar surface area (TPSA) is 42.7 Å². The number of hydrogen-bond acceptors (Lipinski definition) is 4. The Morgan fingerprint density at radius 2 is 1.94 bits per heavy atom. The summed E-state index contributed by atoms with van der Waals surface area (Å²) in [5.74, 6) is 1.44. The summed E-state index contributed by atoms with van der Waals surface area (Å²) in [6, 6.07) is 11.6. The van der Waals surface area contributed by atoms with E-state index < -0.39 is 11.6 Å². The molecule has 35 heavy (non-hydrogen) atoms. The number of allylic oxidation sites excluding steroid dienone is 7. The van der Waals surface area contributed by atoms with Gasteiger partial charge in [0.05, 0.1) is 0 Å². The Bertz CT molecular complexity index is 1140. The molecule has 1 aromatic heterocycles. The van der Waals surface area contributed by atoms with Crippen molar-refractivity contribution in [2.75, 3.05) is 7.05 Å². The van der Waals surface area contributed by atoms with Crippen LogP contribution in [0.15, 0.2) is 89.5 Å². The van der Waals surface area contributed by atoms with Crippen LogP contribution in [0.2, 0.25) is 0 Å². The van der Waals surface area contributed by atoms with E-state index in [1.807, 2.05) is 99.5 Å². The summed E-state index contributed by atoms with van der Waals surface area (Å²) in [5.41, 5.74) is 3.30. The van der Waals surface area contributed by atoms with Crippen molar-refractivity contribution in [3.05, 3.63) is 108 Å². The van der Waals surface area contributed by atoms with Gasteiger partial charge in [0.25, 0.3) is 0 Å². The van der Waals surface area contributed by atoms with Gasteiger partial charge in [0, 0.05) is 36.7 Å². The van der Waals surface area contributed by atoms with Gasteiger partial charge in [0.15, 0.2) is 0 Å². The molecule has 0 amide bonds. The van der Waals surface area contributed by atoms with Gasteiger partial charge in [-0.1, -0.05) is 74.2 Å². The number of fused-ring (bicyclic) bond motifs is 1. The molecule has 0 radical (unpaired) electrons. The molecule has 1 atom stereocenters. The van der Waals surface area contributed by atoms with Crippen LogP contribution in [0.3, 0.4) is 0 Å². The van der Waals surface area contributed by atoms with Crippen LogP contribution in [0.5, 0.6) is 0 Å². The summed E-state index contributed by atoms with van der Waals surface area (Å²) < 4.78 is 11.9. The van der Waals surface area contributed by atoms with E-state index in [9.17, 15) is 4.79 Å². The fourth-order valence-corrected chi connectivity index (χ4v) is 3.89. The van der Waals surface area contributed by atoms with Gasteiger partial charge < -0.3 is 14.1 Å². The molecule has 1 aliphatic rings. The van der Waals surface area contributed by atoms with Gasteiger partial charge in [-0.3, -0.25) is 0 Å². The predicted octanol–water partition coefficient (Wildman–Crippen LogP) is 7.15. The molecule has 1 aliphatic carbocycles. The first-order valence-corrected chi connectivity index (χ1v) is 12.2. The zero-order valence-electron chi connectivity index (χ0n) is 21.6. The maximum atomic E-state index is 13.3. The van der Waals surface area contributed by atoms with Crippen LogP contribution in [0.1, 0.15) is 56.8 Å². The quantitative estimate of drug-likeness (QED) is 0.288. The molecular formula is C31H37NO3. The molecule has 1 unspecified atom stereocenters. The highest BCUT2D eigenvalue weighted by molar-refractivity contribution is 5.77. The first kappa shape index (κ1) is 26.1. The second-order valence-electron chi connectivity index (χ2n) is 9.73. The van der Waals surface area contributed by atoms with Crippen LogP contribution in [0, 0.1) is 0 Å². The summed E-state index contributed by atoms with van der Waals surface area (Å²) >= 11 is 0. The van der Waals surface area contributed by atoms with Crippen molar-refractivity contribution >= 4 is 17.6 Å². The number of esters is 1. The molecule has 0 saturated heterocycles. The SMILES string of the molecule is C=C(/C=C\C(=C/CC)N(C)C(Cc1ccccc1)C(=O)OC(C)(C)C)c1cc2c(o1)CC=CC=C2. The Balaban J connectivity index is 1.83. The first-order valence-electron chi connectivity index (χ1n) is 12.2. The maximum Gasteiger partial charge on any atom is 0.329 e. The highest BCUT2D eigenvalue weighted by atomic mass is 16.6. The maximum absolute atomic E-state index is 13.3. The molecule has 0 aliphatic heterocycles. The largest absolute Gasteiger partial charge is 0.460 e. The van der Waals surface area contributed by atoms with Crippen LogP contribution in [-0.4, -0.2) is 29.6 Å². The minimum absolute atomic E-state index is 0.243. The van der Waals surface area contributed by atoms with E-state index >= 15 is 0 Å². The van der Waals surface area contributed by atoms with Crippen LogP contribution < -0.4 is 0 Å². The van der Waals surface area contributed by atoms with E-state index in [1.54, 1.807) is 0 Å². The number of hydrogen-bond donors (Lipinski definition) is 0. The summed E-state index contributed by atoms with van der Waals surface area (Å²) in [6.45, 7) is 12.0. The molecule has 184 valence electrons. The number of nitrogens with zero attached hydrogens (tertiary/aromatic N) is 1. The van der Waals surface area contributed by atoms with Crippen molar-refractivity contribution in [3.8, 4) is 0 Å². The van der Waals surface area contributed by atoms with Crippen molar-refractivity contribution in [1.82, 2.24) is 4.90 Å². The summed E-state index contributed by atoms with van der Waals surface area (Å²) in [5, 5.41) is 0. The van der Waals surface area contributed by atoms with Crippen molar-refractivity contribution in [1.29, 1.82) is 0 Å². The third kappa shape index (κ3) is 7.48. The smallest absolute Gasteiger partial charge is 0.329 e. The van der Waals surface area contributed by atoms with Gasteiger partial charge >= 0.3 is 5.97 Å². The molecule has 0 saturated carbocycles. The predicted molar refractivity (Wildman–Crippen MR) is 145 cm³/mol. The standard InChI is InChI=1S/C31H37NO3/c1-7-14-26(20-19-23(2)29-22-25-17-12-9-13-18-28(25)34-29)32(6)27(30(33)35-31(3,4)5)21-24-15-10-8-11-16-24/h8-17,19-20,22,27H,2,7,18,21H2,1,3-6H3/b20-19-,26-14+. The number of carbonyl (C=O) groups excluding carboxylic acids is 1. The van der Waals surface area contributed by atoms with Crippen LogP contribution >= 0.6 is 0 Å². The lowest BCUT2D eigenvalue weighted by Crippen LogP contribution is -2.43. The van der Waals surface area contributed by atoms with Crippen LogP contribution in [-0.2, 0) is 22.4 Å². The summed E-state index contributed by atoms with van der Waals surface area (Å²) in [4.78, 5) is 15.3. The van der Waals surface area contributed by atoms with Crippen LogP contribution in [0.25, 0.3) is 11.6 Å². The fourth-order valence-electron chi connectivity index (χ4n) is 3.89. The molecule has 0 N–H and O–H groups in total. The summed E-state index contributed by atoms with van der Waals surface area (Å²) in [6.07, 6.45) is 16.4. The van der Waals surface area contributed by atoms with Gasteiger partial charge in [-0.2, -0.15) is 0 Å². The molecule has 2 aromatic rings.